The maximum atomic E-state index is 4.99. The van der Waals surface area contributed by atoms with E-state index in [9.17, 15) is 0 Å². The van der Waals surface area contributed by atoms with Crippen LogP contribution in [0.5, 0.6) is 0 Å². The summed E-state index contributed by atoms with van der Waals surface area (Å²) in [5.41, 5.74) is 15.9. The van der Waals surface area contributed by atoms with Crippen molar-refractivity contribution in [3.63, 3.8) is 0 Å². The summed E-state index contributed by atoms with van der Waals surface area (Å²) in [6.45, 7) is 6.66. The van der Waals surface area contributed by atoms with Crippen molar-refractivity contribution in [2.24, 2.45) is 0 Å². The predicted molar refractivity (Wildman–Crippen MR) is 236 cm³/mol. The maximum Gasteiger partial charge on any atom is 0.0708 e. The topological polar surface area (TPSA) is 12.9 Å². The number of aromatic nitrogens is 1. The van der Waals surface area contributed by atoms with Gasteiger partial charge in [0.1, 0.15) is 0 Å². The van der Waals surface area contributed by atoms with E-state index >= 15 is 0 Å². The first-order valence-electron chi connectivity index (χ1n) is 19.1. The molecule has 0 amide bonds. The van der Waals surface area contributed by atoms with Gasteiger partial charge in [0.15, 0.2) is 0 Å². The Bertz CT molecular complexity index is 3030. The minimum Gasteiger partial charge on any atom is -0.256 e. The zero-order valence-corrected chi connectivity index (χ0v) is 31.3. The highest BCUT2D eigenvalue weighted by Crippen LogP contribution is 2.47. The van der Waals surface area contributed by atoms with Crippen LogP contribution in [0.15, 0.2) is 182 Å². The second kappa shape index (κ2) is 13.2. The molecule has 10 rings (SSSR count). The number of benzene rings is 9. The standard InChI is InChI=1S/C54H39N/c1-34-30-35(2)52(36(3)31-34)45-26-12-24-43-42(45)23-13-27-46(43)54-49-21-8-6-19-47(49)53(48-20-7-9-22-50(48)54)39-17-10-16-38(32-39)40-28-29-51(55-33-40)44-25-11-15-37-14-4-5-18-41(37)44/h4-33H,1-3H3. The van der Waals surface area contributed by atoms with Crippen LogP contribution in [0.3, 0.4) is 0 Å². The molecule has 1 heteroatoms. The fraction of sp³-hybridized carbons (Fsp3) is 0.0556. The van der Waals surface area contributed by atoms with Gasteiger partial charge >= 0.3 is 0 Å². The molecule has 0 aliphatic carbocycles. The number of rotatable bonds is 5. The van der Waals surface area contributed by atoms with Crippen LogP contribution in [-0.2, 0) is 0 Å². The zero-order valence-electron chi connectivity index (χ0n) is 31.3. The van der Waals surface area contributed by atoms with Gasteiger partial charge < -0.3 is 0 Å². The van der Waals surface area contributed by atoms with Crippen LogP contribution in [0.2, 0.25) is 0 Å². The Labute approximate surface area is 322 Å². The molecule has 10 aromatic rings. The Hall–Kier alpha value is -6.83. The zero-order chi connectivity index (χ0) is 37.0. The molecule has 1 aromatic heterocycles. The van der Waals surface area contributed by atoms with Crippen molar-refractivity contribution in [1.29, 1.82) is 0 Å². The van der Waals surface area contributed by atoms with Gasteiger partial charge in [-0.2, -0.15) is 0 Å². The lowest BCUT2D eigenvalue weighted by Gasteiger charge is -2.20. The summed E-state index contributed by atoms with van der Waals surface area (Å²) in [5.74, 6) is 0. The number of hydrogen-bond acceptors (Lipinski definition) is 1. The van der Waals surface area contributed by atoms with Gasteiger partial charge in [-0.1, -0.05) is 169 Å². The van der Waals surface area contributed by atoms with E-state index in [1.54, 1.807) is 0 Å². The van der Waals surface area contributed by atoms with Crippen LogP contribution in [0.25, 0.3) is 98.9 Å². The normalized spacial score (nSPS) is 11.5. The third-order valence-electron chi connectivity index (χ3n) is 11.4. The van der Waals surface area contributed by atoms with Crippen LogP contribution in [0, 0.1) is 20.8 Å². The third-order valence-corrected chi connectivity index (χ3v) is 11.4. The molecule has 0 atom stereocenters. The molecule has 0 spiro atoms. The van der Waals surface area contributed by atoms with Crippen LogP contribution in [-0.4, -0.2) is 4.98 Å². The minimum absolute atomic E-state index is 0.981. The van der Waals surface area contributed by atoms with Gasteiger partial charge in [-0.3, -0.25) is 4.98 Å². The highest BCUT2D eigenvalue weighted by atomic mass is 14.7. The van der Waals surface area contributed by atoms with Crippen LogP contribution < -0.4 is 0 Å². The van der Waals surface area contributed by atoms with Crippen molar-refractivity contribution in [1.82, 2.24) is 4.98 Å². The summed E-state index contributed by atoms with van der Waals surface area (Å²) in [6.07, 6.45) is 2.02. The van der Waals surface area contributed by atoms with Gasteiger partial charge in [0.2, 0.25) is 0 Å². The van der Waals surface area contributed by atoms with E-state index in [1.165, 1.54) is 93.2 Å². The molecule has 1 nitrogen and oxygen atoms in total. The van der Waals surface area contributed by atoms with Crippen molar-refractivity contribution in [2.45, 2.75) is 20.8 Å². The van der Waals surface area contributed by atoms with Crippen LogP contribution in [0.1, 0.15) is 16.7 Å². The lowest BCUT2D eigenvalue weighted by Crippen LogP contribution is -1.94. The molecule has 0 bridgehead atoms. The van der Waals surface area contributed by atoms with Crippen molar-refractivity contribution in [3.05, 3.63) is 199 Å². The quantitative estimate of drug-likeness (QED) is 0.163. The SMILES string of the molecule is Cc1cc(C)c(-c2cccc3c(-c4c5ccccc5c(-c5cccc(-c6ccc(-c7cccc8ccccc78)nc6)c5)c5ccccc45)cccc23)c(C)c1. The first-order chi connectivity index (χ1) is 27.0. The predicted octanol–water partition coefficient (Wildman–Crippen LogP) is 15.0. The Balaban J connectivity index is 1.14. The van der Waals surface area contributed by atoms with Gasteiger partial charge in [-0.25, -0.2) is 0 Å². The van der Waals surface area contributed by atoms with E-state index in [2.05, 4.69) is 197 Å². The summed E-state index contributed by atoms with van der Waals surface area (Å²) < 4.78 is 0. The number of fused-ring (bicyclic) bond motifs is 4. The highest BCUT2D eigenvalue weighted by Gasteiger charge is 2.20. The molecule has 0 fully saturated rings. The van der Waals surface area contributed by atoms with Gasteiger partial charge in [0.25, 0.3) is 0 Å². The summed E-state index contributed by atoms with van der Waals surface area (Å²) in [4.78, 5) is 4.99. The Morgan fingerprint density at radius 3 is 1.45 bits per heavy atom. The number of nitrogens with zero attached hydrogens (tertiary/aromatic N) is 1. The largest absolute Gasteiger partial charge is 0.256 e. The average Bonchev–Trinajstić information content (AvgIpc) is 3.22. The Morgan fingerprint density at radius 2 is 0.818 bits per heavy atom. The molecule has 260 valence electrons. The van der Waals surface area contributed by atoms with Gasteiger partial charge in [0, 0.05) is 17.3 Å². The fourth-order valence-corrected chi connectivity index (χ4v) is 9.11. The van der Waals surface area contributed by atoms with E-state index in [4.69, 9.17) is 4.98 Å². The molecular weight excluding hydrogens is 663 g/mol. The second-order valence-electron chi connectivity index (χ2n) is 14.9. The fourth-order valence-electron chi connectivity index (χ4n) is 9.11. The van der Waals surface area contributed by atoms with Crippen molar-refractivity contribution in [3.8, 4) is 55.8 Å². The van der Waals surface area contributed by atoms with E-state index in [0.29, 0.717) is 0 Å². The molecule has 0 radical (unpaired) electrons. The Morgan fingerprint density at radius 1 is 0.327 bits per heavy atom. The molecule has 0 unspecified atom stereocenters. The number of hydrogen-bond donors (Lipinski definition) is 0. The van der Waals surface area contributed by atoms with Crippen molar-refractivity contribution >= 4 is 43.1 Å². The van der Waals surface area contributed by atoms with Crippen LogP contribution in [0.4, 0.5) is 0 Å². The van der Waals surface area contributed by atoms with E-state index in [1.807, 2.05) is 6.20 Å². The van der Waals surface area contributed by atoms with Crippen molar-refractivity contribution < 1.29 is 0 Å². The lowest BCUT2D eigenvalue weighted by atomic mass is 9.83. The van der Waals surface area contributed by atoms with Gasteiger partial charge in [-0.05, 0) is 126 Å². The summed E-state index contributed by atoms with van der Waals surface area (Å²) in [7, 11) is 0. The molecular formula is C54H39N. The summed E-state index contributed by atoms with van der Waals surface area (Å²) in [5, 5.41) is 9.99. The van der Waals surface area contributed by atoms with E-state index in [0.717, 1.165) is 22.4 Å². The molecule has 0 saturated carbocycles. The summed E-state index contributed by atoms with van der Waals surface area (Å²) >= 11 is 0. The van der Waals surface area contributed by atoms with Crippen molar-refractivity contribution in [2.75, 3.05) is 0 Å². The molecule has 9 aromatic carbocycles. The molecule has 0 aliphatic heterocycles. The first-order valence-corrected chi connectivity index (χ1v) is 19.1. The molecule has 1 heterocycles. The molecule has 0 aliphatic rings. The smallest absolute Gasteiger partial charge is 0.0708 e. The molecule has 0 N–H and O–H groups in total. The second-order valence-corrected chi connectivity index (χ2v) is 14.9. The molecule has 55 heavy (non-hydrogen) atoms. The number of aryl methyl sites for hydroxylation is 3. The molecule has 0 saturated heterocycles. The minimum atomic E-state index is 0.981. The van der Waals surface area contributed by atoms with Crippen LogP contribution >= 0.6 is 0 Å². The summed E-state index contributed by atoms with van der Waals surface area (Å²) in [6, 6.07) is 64.4. The van der Waals surface area contributed by atoms with E-state index in [-0.39, 0.29) is 0 Å². The maximum absolute atomic E-state index is 4.99. The Kier molecular flexibility index (Phi) is 7.89. The lowest BCUT2D eigenvalue weighted by molar-refractivity contribution is 1.32. The average molecular weight is 702 g/mol. The monoisotopic (exact) mass is 701 g/mol. The van der Waals surface area contributed by atoms with Gasteiger partial charge in [0.05, 0.1) is 5.69 Å². The first kappa shape index (κ1) is 32.8. The third kappa shape index (κ3) is 5.51. The van der Waals surface area contributed by atoms with E-state index < -0.39 is 0 Å². The number of pyridine rings is 1. The van der Waals surface area contributed by atoms with Gasteiger partial charge in [-0.15, -0.1) is 0 Å². The highest BCUT2D eigenvalue weighted by molar-refractivity contribution is 6.24.